The number of hydrogen-bond acceptors (Lipinski definition) is 6. The maximum Gasteiger partial charge on any atom is 0.407 e. The van der Waals surface area contributed by atoms with Crippen molar-refractivity contribution in [3.05, 3.63) is 42.9 Å². The van der Waals surface area contributed by atoms with E-state index in [1.807, 2.05) is 55.8 Å². The van der Waals surface area contributed by atoms with Gasteiger partial charge in [0.2, 0.25) is 0 Å². The highest BCUT2D eigenvalue weighted by Gasteiger charge is 2.28. The first kappa shape index (κ1) is 18.2. The average Bonchev–Trinajstić information content (AvgIpc) is 3.27. The summed E-state index contributed by atoms with van der Waals surface area (Å²) in [5.74, 6) is 0.834. The van der Waals surface area contributed by atoms with Gasteiger partial charge in [-0.25, -0.2) is 19.4 Å². The number of aromatic nitrogens is 4. The standard InChI is InChI=1S/C20H24N6O2/c1-20(2,3)28-19(27)24-14-9-10-25(12-14)17-16-11-23-26(18(16)22-13-21-17)15-7-5-4-6-8-15/h4-8,11,13-14H,9-10,12H2,1-3H3,(H,24,27). The molecular weight excluding hydrogens is 356 g/mol. The van der Waals surface area contributed by atoms with Gasteiger partial charge in [-0.1, -0.05) is 18.2 Å². The summed E-state index contributed by atoms with van der Waals surface area (Å²) in [5, 5.41) is 8.34. The molecule has 1 saturated heterocycles. The first-order valence-electron chi connectivity index (χ1n) is 9.39. The predicted octanol–water partition coefficient (Wildman–Crippen LogP) is 2.92. The van der Waals surface area contributed by atoms with Gasteiger partial charge in [0, 0.05) is 13.1 Å². The summed E-state index contributed by atoms with van der Waals surface area (Å²) in [6.07, 6.45) is 3.81. The number of ether oxygens (including phenoxy) is 1. The predicted molar refractivity (Wildman–Crippen MR) is 107 cm³/mol. The fraction of sp³-hybridized carbons (Fsp3) is 0.400. The van der Waals surface area contributed by atoms with Crippen LogP contribution in [0.4, 0.5) is 10.6 Å². The third kappa shape index (κ3) is 3.76. The molecule has 3 heterocycles. The lowest BCUT2D eigenvalue weighted by Crippen LogP contribution is -2.40. The number of rotatable bonds is 3. The van der Waals surface area contributed by atoms with Crippen LogP contribution in [0.3, 0.4) is 0 Å². The fourth-order valence-electron chi connectivity index (χ4n) is 3.39. The van der Waals surface area contributed by atoms with Gasteiger partial charge in [0.15, 0.2) is 5.65 Å². The van der Waals surface area contributed by atoms with Crippen LogP contribution >= 0.6 is 0 Å². The van der Waals surface area contributed by atoms with Crippen molar-refractivity contribution in [2.24, 2.45) is 0 Å². The number of nitrogens with zero attached hydrogens (tertiary/aromatic N) is 5. The number of anilines is 1. The number of carbonyl (C=O) groups excluding carboxylic acids is 1. The number of para-hydroxylation sites is 1. The number of amides is 1. The Labute approximate surface area is 163 Å². The van der Waals surface area contributed by atoms with Gasteiger partial charge < -0.3 is 15.0 Å². The second-order valence-electron chi connectivity index (χ2n) is 7.90. The molecule has 1 amide bonds. The maximum atomic E-state index is 12.0. The quantitative estimate of drug-likeness (QED) is 0.752. The lowest BCUT2D eigenvalue weighted by Gasteiger charge is -2.22. The molecule has 28 heavy (non-hydrogen) atoms. The molecule has 3 aromatic rings. The van der Waals surface area contributed by atoms with E-state index in [9.17, 15) is 4.79 Å². The minimum atomic E-state index is -0.507. The van der Waals surface area contributed by atoms with Crippen molar-refractivity contribution < 1.29 is 9.53 Å². The first-order valence-corrected chi connectivity index (χ1v) is 9.39. The molecule has 8 heteroatoms. The van der Waals surface area contributed by atoms with Gasteiger partial charge in [0.25, 0.3) is 0 Å². The third-order valence-corrected chi connectivity index (χ3v) is 4.55. The average molecular weight is 380 g/mol. The van der Waals surface area contributed by atoms with Crippen molar-refractivity contribution in [1.29, 1.82) is 0 Å². The van der Waals surface area contributed by atoms with Crippen LogP contribution in [-0.4, -0.2) is 50.6 Å². The zero-order valence-corrected chi connectivity index (χ0v) is 16.3. The molecule has 0 bridgehead atoms. The Hall–Kier alpha value is -3.16. The highest BCUT2D eigenvalue weighted by Crippen LogP contribution is 2.27. The summed E-state index contributed by atoms with van der Waals surface area (Å²) in [6.45, 7) is 7.03. The monoisotopic (exact) mass is 380 g/mol. The van der Waals surface area contributed by atoms with Crippen molar-refractivity contribution in [2.75, 3.05) is 18.0 Å². The number of nitrogens with one attached hydrogen (secondary N) is 1. The molecule has 1 unspecified atom stereocenters. The van der Waals surface area contributed by atoms with E-state index in [4.69, 9.17) is 4.74 Å². The second-order valence-corrected chi connectivity index (χ2v) is 7.90. The molecule has 8 nitrogen and oxygen atoms in total. The van der Waals surface area contributed by atoms with Gasteiger partial charge in [0.05, 0.1) is 23.3 Å². The Morgan fingerprint density at radius 3 is 2.75 bits per heavy atom. The maximum absolute atomic E-state index is 12.0. The SMILES string of the molecule is CC(C)(C)OC(=O)NC1CCN(c2ncnc3c2cnn3-c2ccccc2)C1. The molecule has 146 valence electrons. The van der Waals surface area contributed by atoms with Crippen LogP contribution in [0.25, 0.3) is 16.7 Å². The summed E-state index contributed by atoms with van der Waals surface area (Å²) in [7, 11) is 0. The van der Waals surface area contributed by atoms with Crippen LogP contribution in [0.2, 0.25) is 0 Å². The minimum absolute atomic E-state index is 0.0176. The molecule has 0 aliphatic carbocycles. The van der Waals surface area contributed by atoms with Gasteiger partial charge in [-0.2, -0.15) is 5.10 Å². The molecule has 0 saturated carbocycles. The highest BCUT2D eigenvalue weighted by atomic mass is 16.6. The summed E-state index contributed by atoms with van der Waals surface area (Å²) >= 11 is 0. The fourth-order valence-corrected chi connectivity index (χ4v) is 3.39. The molecular formula is C20H24N6O2. The van der Waals surface area contributed by atoms with Crippen LogP contribution in [-0.2, 0) is 4.74 Å². The molecule has 1 fully saturated rings. The Morgan fingerprint density at radius 1 is 1.21 bits per heavy atom. The van der Waals surface area contributed by atoms with Gasteiger partial charge in [-0.15, -0.1) is 0 Å². The lowest BCUT2D eigenvalue weighted by atomic mass is 10.2. The third-order valence-electron chi connectivity index (χ3n) is 4.55. The van der Waals surface area contributed by atoms with E-state index in [1.165, 1.54) is 0 Å². The van der Waals surface area contributed by atoms with E-state index < -0.39 is 5.60 Å². The van der Waals surface area contributed by atoms with Crippen molar-refractivity contribution in [3.63, 3.8) is 0 Å². The van der Waals surface area contributed by atoms with Crippen molar-refractivity contribution in [1.82, 2.24) is 25.1 Å². The Kier molecular flexibility index (Phi) is 4.62. The number of alkyl carbamates (subject to hydrolysis) is 1. The molecule has 0 spiro atoms. The number of benzene rings is 1. The largest absolute Gasteiger partial charge is 0.444 e. The van der Waals surface area contributed by atoms with Crippen LogP contribution < -0.4 is 10.2 Å². The zero-order valence-electron chi connectivity index (χ0n) is 16.3. The normalized spacial score (nSPS) is 17.1. The second kappa shape index (κ2) is 7.10. The minimum Gasteiger partial charge on any atom is -0.444 e. The van der Waals surface area contributed by atoms with Gasteiger partial charge in [0.1, 0.15) is 17.7 Å². The lowest BCUT2D eigenvalue weighted by molar-refractivity contribution is 0.0509. The summed E-state index contributed by atoms with van der Waals surface area (Å²) in [6, 6.07) is 9.91. The molecule has 0 radical (unpaired) electrons. The van der Waals surface area contributed by atoms with Crippen LogP contribution in [0.1, 0.15) is 27.2 Å². The summed E-state index contributed by atoms with van der Waals surface area (Å²) < 4.78 is 7.17. The van der Waals surface area contributed by atoms with Crippen LogP contribution in [0.5, 0.6) is 0 Å². The van der Waals surface area contributed by atoms with Gasteiger partial charge in [-0.3, -0.25) is 0 Å². The molecule has 1 N–H and O–H groups in total. The summed E-state index contributed by atoms with van der Waals surface area (Å²) in [5.41, 5.74) is 1.21. The first-order chi connectivity index (χ1) is 13.4. The number of carbonyl (C=O) groups is 1. The van der Waals surface area contributed by atoms with Crippen LogP contribution in [0, 0.1) is 0 Å². The van der Waals surface area contributed by atoms with Gasteiger partial charge in [-0.05, 0) is 39.3 Å². The van der Waals surface area contributed by atoms with Crippen molar-refractivity contribution in [3.8, 4) is 5.69 Å². The Morgan fingerprint density at radius 2 is 2.00 bits per heavy atom. The Bertz CT molecular complexity index is 979. The molecule has 2 aromatic heterocycles. The molecule has 1 aromatic carbocycles. The number of fused-ring (bicyclic) bond motifs is 1. The smallest absolute Gasteiger partial charge is 0.407 e. The number of hydrogen-bond donors (Lipinski definition) is 1. The molecule has 4 rings (SSSR count). The van der Waals surface area contributed by atoms with E-state index in [0.29, 0.717) is 6.54 Å². The molecule has 1 atom stereocenters. The van der Waals surface area contributed by atoms with E-state index in [2.05, 4.69) is 25.3 Å². The van der Waals surface area contributed by atoms with E-state index in [1.54, 1.807) is 12.5 Å². The van der Waals surface area contributed by atoms with E-state index in [-0.39, 0.29) is 12.1 Å². The van der Waals surface area contributed by atoms with Crippen molar-refractivity contribution >= 4 is 22.9 Å². The molecule has 1 aliphatic heterocycles. The molecule has 1 aliphatic rings. The van der Waals surface area contributed by atoms with E-state index in [0.717, 1.165) is 35.5 Å². The Balaban J connectivity index is 1.53. The van der Waals surface area contributed by atoms with E-state index >= 15 is 0 Å². The zero-order chi connectivity index (χ0) is 19.7. The summed E-state index contributed by atoms with van der Waals surface area (Å²) in [4.78, 5) is 23.1. The van der Waals surface area contributed by atoms with Gasteiger partial charge >= 0.3 is 6.09 Å². The van der Waals surface area contributed by atoms with Crippen LogP contribution in [0.15, 0.2) is 42.9 Å². The van der Waals surface area contributed by atoms with Crippen molar-refractivity contribution in [2.45, 2.75) is 38.8 Å². The topological polar surface area (TPSA) is 85.2 Å². The highest BCUT2D eigenvalue weighted by molar-refractivity contribution is 5.87.